The Bertz CT molecular complexity index is 690. The quantitative estimate of drug-likeness (QED) is 0.457. The molecule has 0 N–H and O–H groups in total. The van der Waals surface area contributed by atoms with Gasteiger partial charge in [-0.15, -0.1) is 11.8 Å². The fourth-order valence-electron chi connectivity index (χ4n) is 1.97. The van der Waals surface area contributed by atoms with Gasteiger partial charge in [-0.2, -0.15) is 5.10 Å². The summed E-state index contributed by atoms with van der Waals surface area (Å²) in [6.45, 7) is 4.05. The van der Waals surface area contributed by atoms with Crippen LogP contribution in [-0.2, 0) is 0 Å². The smallest absolute Gasteiger partial charge is 0.189 e. The van der Waals surface area contributed by atoms with Crippen LogP contribution in [0.25, 0.3) is 6.08 Å². The number of ether oxygens (including phenoxy) is 1. The Morgan fingerprint density at radius 3 is 2.77 bits per heavy atom. The third-order valence-corrected chi connectivity index (χ3v) is 4.03. The summed E-state index contributed by atoms with van der Waals surface area (Å²) in [4.78, 5) is 13.2. The molecule has 0 fully saturated rings. The van der Waals surface area contributed by atoms with Crippen molar-refractivity contribution in [2.45, 2.75) is 24.8 Å². The molecule has 0 aliphatic rings. The van der Waals surface area contributed by atoms with E-state index in [0.717, 1.165) is 16.2 Å². The van der Waals surface area contributed by atoms with E-state index in [1.807, 2.05) is 38.3 Å². The van der Waals surface area contributed by atoms with Crippen molar-refractivity contribution in [3.63, 3.8) is 0 Å². The van der Waals surface area contributed by atoms with Crippen molar-refractivity contribution in [3.05, 3.63) is 47.8 Å². The first-order chi connectivity index (χ1) is 10.5. The topological polar surface area (TPSA) is 44.1 Å². The molecule has 22 heavy (non-hydrogen) atoms. The molecule has 0 aliphatic carbocycles. The molecule has 0 saturated carbocycles. The molecule has 0 aliphatic heterocycles. The SMILES string of the molecule is COc1cc(/C=C\C(=O)c2cnn(C(C)C)c2)ccc1SC. The van der Waals surface area contributed by atoms with Crippen LogP contribution >= 0.6 is 11.8 Å². The van der Waals surface area contributed by atoms with Gasteiger partial charge >= 0.3 is 0 Å². The number of rotatable bonds is 6. The molecule has 4 nitrogen and oxygen atoms in total. The van der Waals surface area contributed by atoms with Crippen molar-refractivity contribution < 1.29 is 9.53 Å². The zero-order valence-electron chi connectivity index (χ0n) is 13.2. The van der Waals surface area contributed by atoms with Gasteiger partial charge in [-0.3, -0.25) is 9.48 Å². The van der Waals surface area contributed by atoms with Crippen LogP contribution in [-0.4, -0.2) is 28.9 Å². The average molecular weight is 316 g/mol. The molecule has 0 saturated heterocycles. The summed E-state index contributed by atoms with van der Waals surface area (Å²) in [5, 5.41) is 4.18. The van der Waals surface area contributed by atoms with Gasteiger partial charge in [-0.1, -0.05) is 12.1 Å². The molecule has 0 amide bonds. The number of hydrogen-bond donors (Lipinski definition) is 0. The van der Waals surface area contributed by atoms with Gasteiger partial charge in [0.25, 0.3) is 0 Å². The first-order valence-electron chi connectivity index (χ1n) is 7.03. The summed E-state index contributed by atoms with van der Waals surface area (Å²) in [6, 6.07) is 6.13. The van der Waals surface area contributed by atoms with Crippen LogP contribution in [0.4, 0.5) is 0 Å². The molecule has 1 aromatic heterocycles. The highest BCUT2D eigenvalue weighted by atomic mass is 32.2. The molecular weight excluding hydrogens is 296 g/mol. The van der Waals surface area contributed by atoms with Crippen LogP contribution in [0.3, 0.4) is 0 Å². The molecule has 2 aromatic rings. The van der Waals surface area contributed by atoms with E-state index < -0.39 is 0 Å². The lowest BCUT2D eigenvalue weighted by atomic mass is 10.1. The molecule has 2 rings (SSSR count). The minimum absolute atomic E-state index is 0.0557. The van der Waals surface area contributed by atoms with Gasteiger partial charge in [-0.05, 0) is 43.9 Å². The molecule has 1 heterocycles. The minimum atomic E-state index is -0.0557. The number of hydrogen-bond acceptors (Lipinski definition) is 4. The second-order valence-electron chi connectivity index (χ2n) is 5.11. The first kappa shape index (κ1) is 16.4. The minimum Gasteiger partial charge on any atom is -0.496 e. The highest BCUT2D eigenvalue weighted by Gasteiger charge is 2.07. The van der Waals surface area contributed by atoms with Crippen LogP contribution in [0.15, 0.2) is 41.6 Å². The molecule has 5 heteroatoms. The monoisotopic (exact) mass is 316 g/mol. The molecule has 116 valence electrons. The van der Waals surface area contributed by atoms with Crippen LogP contribution in [0.5, 0.6) is 5.75 Å². The van der Waals surface area contributed by atoms with Gasteiger partial charge in [0.2, 0.25) is 0 Å². The standard InChI is InChI=1S/C17H20N2O2S/c1-12(2)19-11-14(10-18-19)15(20)7-5-13-6-8-17(22-4)16(9-13)21-3/h5-12H,1-4H3/b7-5-. The van der Waals surface area contributed by atoms with E-state index in [0.29, 0.717) is 5.56 Å². The van der Waals surface area contributed by atoms with Crippen molar-refractivity contribution in [1.29, 1.82) is 0 Å². The zero-order chi connectivity index (χ0) is 16.1. The summed E-state index contributed by atoms with van der Waals surface area (Å²) in [7, 11) is 1.65. The Morgan fingerprint density at radius 1 is 1.41 bits per heavy atom. The number of thioether (sulfide) groups is 1. The highest BCUT2D eigenvalue weighted by molar-refractivity contribution is 7.98. The van der Waals surface area contributed by atoms with E-state index in [-0.39, 0.29) is 11.8 Å². The molecule has 1 aromatic carbocycles. The van der Waals surface area contributed by atoms with Gasteiger partial charge in [0.15, 0.2) is 5.78 Å². The normalized spacial score (nSPS) is 11.3. The van der Waals surface area contributed by atoms with E-state index in [1.54, 1.807) is 48.1 Å². The predicted molar refractivity (Wildman–Crippen MR) is 90.8 cm³/mol. The van der Waals surface area contributed by atoms with E-state index >= 15 is 0 Å². The summed E-state index contributed by atoms with van der Waals surface area (Å²) >= 11 is 1.63. The lowest BCUT2D eigenvalue weighted by molar-refractivity contribution is 0.104. The van der Waals surface area contributed by atoms with E-state index in [4.69, 9.17) is 4.74 Å². The van der Waals surface area contributed by atoms with Crippen LogP contribution in [0, 0.1) is 0 Å². The molecule has 0 radical (unpaired) electrons. The van der Waals surface area contributed by atoms with Crippen LogP contribution < -0.4 is 4.74 Å². The fraction of sp³-hybridized carbons (Fsp3) is 0.294. The Hall–Kier alpha value is -2.01. The Balaban J connectivity index is 2.15. The number of carbonyl (C=O) groups excluding carboxylic acids is 1. The van der Waals surface area contributed by atoms with Crippen LogP contribution in [0.2, 0.25) is 0 Å². The summed E-state index contributed by atoms with van der Waals surface area (Å²) in [5.74, 6) is 0.759. The van der Waals surface area contributed by atoms with Crippen molar-refractivity contribution in [1.82, 2.24) is 9.78 Å². The Morgan fingerprint density at radius 2 is 2.18 bits per heavy atom. The summed E-state index contributed by atoms with van der Waals surface area (Å²) in [6.07, 6.45) is 8.74. The first-order valence-corrected chi connectivity index (χ1v) is 8.26. The van der Waals surface area contributed by atoms with Crippen molar-refractivity contribution >= 4 is 23.6 Å². The second kappa shape index (κ2) is 7.31. The van der Waals surface area contributed by atoms with Crippen LogP contribution in [0.1, 0.15) is 35.8 Å². The highest BCUT2D eigenvalue weighted by Crippen LogP contribution is 2.28. The lowest BCUT2D eigenvalue weighted by Crippen LogP contribution is -2.00. The van der Waals surface area contributed by atoms with E-state index in [2.05, 4.69) is 5.10 Å². The lowest BCUT2D eigenvalue weighted by Gasteiger charge is -2.06. The average Bonchev–Trinajstić information content (AvgIpc) is 3.02. The molecule has 0 atom stereocenters. The van der Waals surface area contributed by atoms with E-state index in [9.17, 15) is 4.79 Å². The van der Waals surface area contributed by atoms with Crippen molar-refractivity contribution in [2.24, 2.45) is 0 Å². The molecular formula is C17H20N2O2S. The number of allylic oxidation sites excluding steroid dienone is 1. The number of nitrogens with zero attached hydrogens (tertiary/aromatic N) is 2. The summed E-state index contributed by atoms with van der Waals surface area (Å²) in [5.41, 5.74) is 1.52. The summed E-state index contributed by atoms with van der Waals surface area (Å²) < 4.78 is 7.12. The third kappa shape index (κ3) is 3.80. The molecule has 0 bridgehead atoms. The fourth-order valence-corrected chi connectivity index (χ4v) is 2.52. The number of benzene rings is 1. The maximum atomic E-state index is 12.2. The van der Waals surface area contributed by atoms with Crippen molar-refractivity contribution in [3.8, 4) is 5.75 Å². The maximum Gasteiger partial charge on any atom is 0.189 e. The number of aromatic nitrogens is 2. The van der Waals surface area contributed by atoms with Gasteiger partial charge in [-0.25, -0.2) is 0 Å². The maximum absolute atomic E-state index is 12.2. The number of carbonyl (C=O) groups is 1. The Kier molecular flexibility index (Phi) is 5.44. The zero-order valence-corrected chi connectivity index (χ0v) is 14.1. The predicted octanol–water partition coefficient (Wildman–Crippen LogP) is 4.09. The van der Waals surface area contributed by atoms with Gasteiger partial charge in [0, 0.05) is 17.1 Å². The Labute approximate surface area is 135 Å². The van der Waals surface area contributed by atoms with Gasteiger partial charge in [0.1, 0.15) is 5.75 Å². The number of ketones is 1. The van der Waals surface area contributed by atoms with Gasteiger partial charge in [0.05, 0.1) is 18.9 Å². The molecule has 0 spiro atoms. The van der Waals surface area contributed by atoms with Gasteiger partial charge < -0.3 is 4.74 Å². The molecule has 0 unspecified atom stereocenters. The third-order valence-electron chi connectivity index (χ3n) is 3.25. The van der Waals surface area contributed by atoms with Crippen molar-refractivity contribution in [2.75, 3.05) is 13.4 Å². The van der Waals surface area contributed by atoms with E-state index in [1.165, 1.54) is 0 Å². The number of methoxy groups -OCH3 is 1. The second-order valence-corrected chi connectivity index (χ2v) is 5.96. The largest absolute Gasteiger partial charge is 0.496 e.